The number of fused-ring (bicyclic) bond motifs is 4. The van der Waals surface area contributed by atoms with Gasteiger partial charge in [0.2, 0.25) is 0 Å². The topological polar surface area (TPSA) is 41.3 Å². The predicted octanol–water partition coefficient (Wildman–Crippen LogP) is 2.78. The zero-order valence-corrected chi connectivity index (χ0v) is 11.5. The summed E-state index contributed by atoms with van der Waals surface area (Å²) in [6, 6.07) is 3.38. The standard InChI is InChI=1S/C15H18FN3O/c1-9-6-11(16)7-12-14(9)20-18-15(12)17-13-8-19-4-2-10(13)3-5-19/h6-7,10,13H,2-5,8H2,1H3,(H,17,18)/t13-/m0/s1. The minimum Gasteiger partial charge on any atom is -0.362 e. The highest BCUT2D eigenvalue weighted by molar-refractivity contribution is 5.90. The minimum atomic E-state index is -0.241. The first-order valence-corrected chi connectivity index (χ1v) is 7.25. The molecular weight excluding hydrogens is 257 g/mol. The molecule has 0 unspecified atom stereocenters. The monoisotopic (exact) mass is 275 g/mol. The third-order valence-corrected chi connectivity index (χ3v) is 4.70. The van der Waals surface area contributed by atoms with Crippen molar-refractivity contribution in [1.29, 1.82) is 0 Å². The number of aryl methyl sites for hydroxylation is 1. The van der Waals surface area contributed by atoms with E-state index in [2.05, 4.69) is 15.4 Å². The van der Waals surface area contributed by atoms with Crippen molar-refractivity contribution in [2.75, 3.05) is 25.0 Å². The fourth-order valence-corrected chi connectivity index (χ4v) is 3.58. The molecule has 3 aliphatic heterocycles. The van der Waals surface area contributed by atoms with Crippen molar-refractivity contribution in [1.82, 2.24) is 10.1 Å². The number of aromatic nitrogens is 1. The van der Waals surface area contributed by atoms with Crippen LogP contribution >= 0.6 is 0 Å². The molecule has 5 rings (SSSR count). The Balaban J connectivity index is 1.66. The van der Waals surface area contributed by atoms with Crippen LogP contribution in [-0.2, 0) is 0 Å². The molecule has 20 heavy (non-hydrogen) atoms. The Kier molecular flexibility index (Phi) is 2.70. The maximum absolute atomic E-state index is 13.6. The minimum absolute atomic E-state index is 0.241. The van der Waals surface area contributed by atoms with Gasteiger partial charge in [-0.3, -0.25) is 0 Å². The van der Waals surface area contributed by atoms with Gasteiger partial charge in [-0.2, -0.15) is 0 Å². The van der Waals surface area contributed by atoms with Crippen molar-refractivity contribution >= 4 is 16.8 Å². The lowest BCUT2D eigenvalue weighted by Gasteiger charge is -2.44. The molecule has 3 saturated heterocycles. The highest BCUT2D eigenvalue weighted by Gasteiger charge is 2.34. The van der Waals surface area contributed by atoms with Gasteiger partial charge in [0.15, 0.2) is 11.4 Å². The number of nitrogens with zero attached hydrogens (tertiary/aromatic N) is 2. The molecule has 3 fully saturated rings. The number of nitrogens with one attached hydrogen (secondary N) is 1. The van der Waals surface area contributed by atoms with Crippen molar-refractivity contribution in [3.63, 3.8) is 0 Å². The molecule has 4 heterocycles. The number of benzene rings is 1. The first-order chi connectivity index (χ1) is 9.70. The van der Waals surface area contributed by atoms with Gasteiger partial charge in [0.25, 0.3) is 0 Å². The van der Waals surface area contributed by atoms with Crippen molar-refractivity contribution in [3.05, 3.63) is 23.5 Å². The van der Waals surface area contributed by atoms with Crippen molar-refractivity contribution in [3.8, 4) is 0 Å². The summed E-state index contributed by atoms with van der Waals surface area (Å²) in [5.74, 6) is 1.14. The van der Waals surface area contributed by atoms with Crippen LogP contribution in [-0.4, -0.2) is 35.7 Å². The maximum atomic E-state index is 13.6. The Morgan fingerprint density at radius 1 is 1.35 bits per heavy atom. The number of piperidine rings is 3. The maximum Gasteiger partial charge on any atom is 0.177 e. The SMILES string of the molecule is Cc1cc(F)cc2c(N[C@H]3CN4CCC3CC4)noc12. The van der Waals surface area contributed by atoms with Gasteiger partial charge in [-0.1, -0.05) is 5.16 Å². The van der Waals surface area contributed by atoms with Crippen LogP contribution in [0, 0.1) is 18.7 Å². The second-order valence-electron chi connectivity index (χ2n) is 6.02. The summed E-state index contributed by atoms with van der Waals surface area (Å²) in [4.78, 5) is 2.48. The predicted molar refractivity (Wildman–Crippen MR) is 75.3 cm³/mol. The second-order valence-corrected chi connectivity index (χ2v) is 6.02. The second kappa shape index (κ2) is 4.45. The molecule has 1 atom stereocenters. The lowest BCUT2D eigenvalue weighted by Crippen LogP contribution is -2.53. The van der Waals surface area contributed by atoms with Gasteiger partial charge in [-0.25, -0.2) is 4.39 Å². The highest BCUT2D eigenvalue weighted by Crippen LogP contribution is 2.32. The summed E-state index contributed by atoms with van der Waals surface area (Å²) in [7, 11) is 0. The van der Waals surface area contributed by atoms with E-state index >= 15 is 0 Å². The van der Waals surface area contributed by atoms with Gasteiger partial charge < -0.3 is 14.7 Å². The molecule has 4 nitrogen and oxygen atoms in total. The largest absolute Gasteiger partial charge is 0.362 e. The number of anilines is 1. The summed E-state index contributed by atoms with van der Waals surface area (Å²) < 4.78 is 18.9. The lowest BCUT2D eigenvalue weighted by molar-refractivity contribution is 0.0973. The van der Waals surface area contributed by atoms with E-state index in [0.29, 0.717) is 23.4 Å². The van der Waals surface area contributed by atoms with Crippen molar-refractivity contribution < 1.29 is 8.91 Å². The van der Waals surface area contributed by atoms with Crippen LogP contribution in [0.15, 0.2) is 16.7 Å². The van der Waals surface area contributed by atoms with Gasteiger partial charge >= 0.3 is 0 Å². The molecule has 2 bridgehead atoms. The van der Waals surface area contributed by atoms with E-state index in [1.807, 2.05) is 6.92 Å². The summed E-state index contributed by atoms with van der Waals surface area (Å²) in [6.07, 6.45) is 2.47. The lowest BCUT2D eigenvalue weighted by atomic mass is 9.84. The number of hydrogen-bond acceptors (Lipinski definition) is 4. The number of hydrogen-bond donors (Lipinski definition) is 1. The van der Waals surface area contributed by atoms with Crippen LogP contribution in [0.5, 0.6) is 0 Å². The van der Waals surface area contributed by atoms with E-state index in [0.717, 1.165) is 17.5 Å². The van der Waals surface area contributed by atoms with Crippen LogP contribution < -0.4 is 5.32 Å². The van der Waals surface area contributed by atoms with E-state index < -0.39 is 0 Å². The molecule has 3 aliphatic rings. The van der Waals surface area contributed by atoms with Crippen LogP contribution in [0.3, 0.4) is 0 Å². The average Bonchev–Trinajstić information content (AvgIpc) is 2.84. The van der Waals surface area contributed by atoms with E-state index in [-0.39, 0.29) is 5.82 Å². The summed E-state index contributed by atoms with van der Waals surface area (Å²) >= 11 is 0. The van der Waals surface area contributed by atoms with E-state index in [1.54, 1.807) is 0 Å². The van der Waals surface area contributed by atoms with Crippen LogP contribution in [0.4, 0.5) is 10.2 Å². The fraction of sp³-hybridized carbons (Fsp3) is 0.533. The Morgan fingerprint density at radius 3 is 2.85 bits per heavy atom. The zero-order chi connectivity index (χ0) is 13.7. The molecule has 0 saturated carbocycles. The van der Waals surface area contributed by atoms with E-state index in [4.69, 9.17) is 4.52 Å². The van der Waals surface area contributed by atoms with Crippen LogP contribution in [0.1, 0.15) is 18.4 Å². The van der Waals surface area contributed by atoms with Gasteiger partial charge in [0.05, 0.1) is 5.39 Å². The number of rotatable bonds is 2. The van der Waals surface area contributed by atoms with Gasteiger partial charge in [-0.15, -0.1) is 0 Å². The molecule has 2 aromatic rings. The first kappa shape index (κ1) is 12.1. The highest BCUT2D eigenvalue weighted by atomic mass is 19.1. The molecule has 0 radical (unpaired) electrons. The Labute approximate surface area is 116 Å². The third kappa shape index (κ3) is 1.88. The van der Waals surface area contributed by atoms with Crippen molar-refractivity contribution in [2.24, 2.45) is 5.92 Å². The zero-order valence-electron chi connectivity index (χ0n) is 11.5. The number of halogens is 1. The summed E-state index contributed by atoms with van der Waals surface area (Å²) in [5, 5.41) is 8.33. The summed E-state index contributed by atoms with van der Waals surface area (Å²) in [6.45, 7) is 5.30. The molecule has 0 amide bonds. The molecule has 1 N–H and O–H groups in total. The van der Waals surface area contributed by atoms with Gasteiger partial charge in [0.1, 0.15) is 5.82 Å². The summed E-state index contributed by atoms with van der Waals surface area (Å²) in [5.41, 5.74) is 1.46. The fourth-order valence-electron chi connectivity index (χ4n) is 3.58. The smallest absolute Gasteiger partial charge is 0.177 e. The third-order valence-electron chi connectivity index (χ3n) is 4.70. The first-order valence-electron chi connectivity index (χ1n) is 7.25. The average molecular weight is 275 g/mol. The molecule has 106 valence electrons. The molecule has 0 spiro atoms. The van der Waals surface area contributed by atoms with E-state index in [9.17, 15) is 4.39 Å². The molecule has 0 aliphatic carbocycles. The quantitative estimate of drug-likeness (QED) is 0.915. The van der Waals surface area contributed by atoms with Crippen LogP contribution in [0.2, 0.25) is 0 Å². The Hall–Kier alpha value is -1.62. The Bertz CT molecular complexity index is 646. The molecule has 5 heteroatoms. The van der Waals surface area contributed by atoms with Gasteiger partial charge in [0, 0.05) is 12.6 Å². The van der Waals surface area contributed by atoms with Crippen molar-refractivity contribution in [2.45, 2.75) is 25.8 Å². The normalized spacial score (nSPS) is 29.0. The van der Waals surface area contributed by atoms with E-state index in [1.165, 1.54) is 38.1 Å². The van der Waals surface area contributed by atoms with Crippen LogP contribution in [0.25, 0.3) is 11.0 Å². The Morgan fingerprint density at radius 2 is 2.15 bits per heavy atom. The van der Waals surface area contributed by atoms with Gasteiger partial charge in [-0.05, 0) is 56.5 Å². The molecule has 1 aromatic heterocycles. The molecular formula is C15H18FN3O. The molecule has 1 aromatic carbocycles.